The van der Waals surface area contributed by atoms with Gasteiger partial charge in [0.25, 0.3) is 0 Å². The standard InChI is InChI=1S/C11H30OSi3/c1-13(2,3)10-11(12,14(4,5)6)15(7,8)9/h12H,10H2,1-9H3. The van der Waals surface area contributed by atoms with Gasteiger partial charge < -0.3 is 5.11 Å². The van der Waals surface area contributed by atoms with Crippen LogP contribution in [0.15, 0.2) is 0 Å². The smallest absolute Gasteiger partial charge is 0.0776 e. The molecule has 0 amide bonds. The van der Waals surface area contributed by atoms with Crippen LogP contribution in [-0.2, 0) is 0 Å². The van der Waals surface area contributed by atoms with Crippen molar-refractivity contribution in [3.8, 4) is 0 Å². The number of hydrogen-bond donors (Lipinski definition) is 1. The fraction of sp³-hybridized carbons (Fsp3) is 1.00. The summed E-state index contributed by atoms with van der Waals surface area (Å²) in [5, 5.41) is 11.2. The summed E-state index contributed by atoms with van der Waals surface area (Å²) >= 11 is 0. The highest BCUT2D eigenvalue weighted by Gasteiger charge is 2.52. The van der Waals surface area contributed by atoms with Crippen molar-refractivity contribution in [3.63, 3.8) is 0 Å². The van der Waals surface area contributed by atoms with Crippen molar-refractivity contribution in [2.75, 3.05) is 0 Å². The van der Waals surface area contributed by atoms with Crippen LogP contribution in [0.4, 0.5) is 0 Å². The highest BCUT2D eigenvalue weighted by Crippen LogP contribution is 2.37. The van der Waals surface area contributed by atoms with E-state index < -0.39 is 24.2 Å². The van der Waals surface area contributed by atoms with E-state index in [0.29, 0.717) is 0 Å². The van der Waals surface area contributed by atoms with E-state index in [4.69, 9.17) is 0 Å². The molecule has 0 aromatic heterocycles. The van der Waals surface area contributed by atoms with Crippen molar-refractivity contribution in [3.05, 3.63) is 0 Å². The quantitative estimate of drug-likeness (QED) is 0.764. The lowest BCUT2D eigenvalue weighted by molar-refractivity contribution is 0.207. The third-order valence-electron chi connectivity index (χ3n) is 3.27. The molecule has 0 rings (SSSR count). The molecule has 4 heteroatoms. The summed E-state index contributed by atoms with van der Waals surface area (Å²) in [6.45, 7) is 21.1. The van der Waals surface area contributed by atoms with E-state index in [0.717, 1.165) is 6.04 Å². The SMILES string of the molecule is C[Si](C)(C)CC(O)([Si](C)(C)C)[Si](C)(C)C. The van der Waals surface area contributed by atoms with Gasteiger partial charge in [0, 0.05) is 12.9 Å². The average molecular weight is 263 g/mol. The fourth-order valence-electron chi connectivity index (χ4n) is 2.42. The van der Waals surface area contributed by atoms with E-state index in [1.807, 2.05) is 0 Å². The number of aliphatic hydroxyl groups is 1. The maximum atomic E-state index is 11.2. The third kappa shape index (κ3) is 3.84. The van der Waals surface area contributed by atoms with Gasteiger partial charge in [0.2, 0.25) is 0 Å². The predicted octanol–water partition coefficient (Wildman–Crippen LogP) is 3.81. The van der Waals surface area contributed by atoms with Crippen LogP contribution in [0.25, 0.3) is 0 Å². The van der Waals surface area contributed by atoms with Crippen molar-refractivity contribution in [1.82, 2.24) is 0 Å². The zero-order valence-corrected chi connectivity index (χ0v) is 15.2. The first kappa shape index (κ1) is 15.6. The molecule has 0 bridgehead atoms. The summed E-state index contributed by atoms with van der Waals surface area (Å²) < 4.78 is 0. The monoisotopic (exact) mass is 262 g/mol. The molecule has 0 atom stereocenters. The minimum Gasteiger partial charge on any atom is -0.397 e. The topological polar surface area (TPSA) is 20.2 Å². The van der Waals surface area contributed by atoms with Gasteiger partial charge in [-0.15, -0.1) is 0 Å². The average Bonchev–Trinajstić information content (AvgIpc) is 1.77. The number of hydrogen-bond acceptors (Lipinski definition) is 1. The van der Waals surface area contributed by atoms with E-state index in [2.05, 4.69) is 58.9 Å². The van der Waals surface area contributed by atoms with E-state index in [9.17, 15) is 5.11 Å². The van der Waals surface area contributed by atoms with Crippen LogP contribution in [-0.4, -0.2) is 34.2 Å². The third-order valence-corrected chi connectivity index (χ3v) is 15.4. The van der Waals surface area contributed by atoms with E-state index >= 15 is 0 Å². The Balaban J connectivity index is 5.26. The van der Waals surface area contributed by atoms with E-state index in [1.165, 1.54) is 0 Å². The molecule has 1 nitrogen and oxygen atoms in total. The van der Waals surface area contributed by atoms with Gasteiger partial charge in [0.15, 0.2) is 0 Å². The van der Waals surface area contributed by atoms with Gasteiger partial charge >= 0.3 is 0 Å². The molecule has 0 unspecified atom stereocenters. The second kappa shape index (κ2) is 4.13. The van der Waals surface area contributed by atoms with Gasteiger partial charge in [-0.1, -0.05) is 58.9 Å². The lowest BCUT2D eigenvalue weighted by Gasteiger charge is -2.50. The maximum Gasteiger partial charge on any atom is 0.0776 e. The Kier molecular flexibility index (Phi) is 4.29. The molecule has 92 valence electrons. The van der Waals surface area contributed by atoms with Gasteiger partial charge in [0.05, 0.1) is 16.1 Å². The van der Waals surface area contributed by atoms with Crippen LogP contribution in [0.5, 0.6) is 0 Å². The largest absolute Gasteiger partial charge is 0.397 e. The van der Waals surface area contributed by atoms with Gasteiger partial charge in [-0.05, 0) is 6.04 Å². The second-order valence-electron chi connectivity index (χ2n) is 8.10. The summed E-state index contributed by atoms with van der Waals surface area (Å²) in [6, 6.07) is 1.09. The highest BCUT2D eigenvalue weighted by molar-refractivity contribution is 7.00. The summed E-state index contributed by atoms with van der Waals surface area (Å²) in [5.74, 6) is 0. The van der Waals surface area contributed by atoms with Crippen molar-refractivity contribution >= 4 is 24.2 Å². The van der Waals surface area contributed by atoms with Gasteiger partial charge in [-0.2, -0.15) is 0 Å². The van der Waals surface area contributed by atoms with Crippen LogP contribution in [0, 0.1) is 0 Å². The molecule has 0 aliphatic rings. The molecular weight excluding hydrogens is 232 g/mol. The molecule has 0 saturated heterocycles. The van der Waals surface area contributed by atoms with Crippen LogP contribution in [0.3, 0.4) is 0 Å². The summed E-state index contributed by atoms with van der Waals surface area (Å²) in [7, 11) is -4.20. The second-order valence-corrected chi connectivity index (χ2v) is 24.7. The van der Waals surface area contributed by atoms with Gasteiger partial charge in [-0.3, -0.25) is 0 Å². The predicted molar refractivity (Wildman–Crippen MR) is 79.8 cm³/mol. The van der Waals surface area contributed by atoms with Crippen LogP contribution in [0.1, 0.15) is 0 Å². The van der Waals surface area contributed by atoms with Crippen molar-refractivity contribution < 1.29 is 5.11 Å². The molecular formula is C11H30OSi3. The molecule has 1 N–H and O–H groups in total. The lowest BCUT2D eigenvalue weighted by Crippen LogP contribution is -2.68. The molecule has 0 fully saturated rings. The first-order valence-corrected chi connectivity index (χ1v) is 16.6. The Labute approximate surface area is 99.3 Å². The van der Waals surface area contributed by atoms with E-state index in [-0.39, 0.29) is 4.85 Å². The zero-order chi connectivity index (χ0) is 12.7. The van der Waals surface area contributed by atoms with E-state index in [1.54, 1.807) is 0 Å². The first-order chi connectivity index (χ1) is 6.21. The minimum atomic E-state index is -1.50. The first-order valence-electron chi connectivity index (χ1n) is 5.93. The fourth-order valence-corrected chi connectivity index (χ4v) is 20.4. The summed E-state index contributed by atoms with van der Waals surface area (Å²) in [5.41, 5.74) is 0. The van der Waals surface area contributed by atoms with Gasteiger partial charge in [0.1, 0.15) is 0 Å². The molecule has 0 aliphatic carbocycles. The Bertz CT molecular complexity index is 203. The zero-order valence-electron chi connectivity index (χ0n) is 12.2. The molecule has 0 aromatic rings. The Morgan fingerprint density at radius 3 is 1.07 bits per heavy atom. The molecule has 15 heavy (non-hydrogen) atoms. The number of rotatable bonds is 4. The lowest BCUT2D eigenvalue weighted by atomic mass is 10.8. The van der Waals surface area contributed by atoms with Crippen LogP contribution in [0.2, 0.25) is 65.0 Å². The Morgan fingerprint density at radius 2 is 1.00 bits per heavy atom. The van der Waals surface area contributed by atoms with Gasteiger partial charge in [-0.25, -0.2) is 0 Å². The summed E-state index contributed by atoms with van der Waals surface area (Å²) in [4.78, 5) is -0.301. The molecule has 0 aromatic carbocycles. The Morgan fingerprint density at radius 1 is 0.733 bits per heavy atom. The molecule has 0 radical (unpaired) electrons. The minimum absolute atomic E-state index is 0.301. The van der Waals surface area contributed by atoms with Crippen molar-refractivity contribution in [2.24, 2.45) is 0 Å². The normalized spacial score (nSPS) is 15.6. The van der Waals surface area contributed by atoms with Crippen LogP contribution < -0.4 is 0 Å². The van der Waals surface area contributed by atoms with Crippen molar-refractivity contribution in [1.29, 1.82) is 0 Å². The van der Waals surface area contributed by atoms with Crippen molar-refractivity contribution in [2.45, 2.75) is 69.8 Å². The molecule has 0 saturated carbocycles. The molecule has 0 aliphatic heterocycles. The van der Waals surface area contributed by atoms with Crippen LogP contribution >= 0.6 is 0 Å². The Hall–Kier alpha value is 0.611. The highest BCUT2D eigenvalue weighted by atomic mass is 28.4. The summed E-state index contributed by atoms with van der Waals surface area (Å²) in [6.07, 6.45) is 0. The molecule has 0 heterocycles. The maximum absolute atomic E-state index is 11.2. The molecule has 0 spiro atoms.